The summed E-state index contributed by atoms with van der Waals surface area (Å²) >= 11 is 5.93. The molecule has 2 aliphatic heterocycles. The summed E-state index contributed by atoms with van der Waals surface area (Å²) in [6, 6.07) is 3.44. The Morgan fingerprint density at radius 2 is 1.91 bits per heavy atom. The molecule has 3 amide bonds. The highest BCUT2D eigenvalue weighted by Crippen LogP contribution is 2.32. The second-order valence-corrected chi connectivity index (χ2v) is 8.47. The van der Waals surface area contributed by atoms with E-state index in [1.54, 1.807) is 0 Å². The van der Waals surface area contributed by atoms with Crippen molar-refractivity contribution >= 4 is 33.4 Å². The highest BCUT2D eigenvalue weighted by molar-refractivity contribution is 7.91. The lowest BCUT2D eigenvalue weighted by Crippen LogP contribution is -2.52. The molecule has 1 aromatic carbocycles. The van der Waals surface area contributed by atoms with Crippen LogP contribution in [0.3, 0.4) is 0 Å². The fourth-order valence-corrected chi connectivity index (χ4v) is 4.63. The molecule has 23 heavy (non-hydrogen) atoms. The van der Waals surface area contributed by atoms with Crippen molar-refractivity contribution in [2.24, 2.45) is 0 Å². The lowest BCUT2D eigenvalue weighted by Gasteiger charge is -2.30. The highest BCUT2D eigenvalue weighted by Gasteiger charge is 2.53. The van der Waals surface area contributed by atoms with Crippen molar-refractivity contribution in [2.75, 3.05) is 11.5 Å². The van der Waals surface area contributed by atoms with Crippen molar-refractivity contribution < 1.29 is 22.4 Å². The number of carbonyl (C=O) groups excluding carboxylic acids is 2. The van der Waals surface area contributed by atoms with Crippen molar-refractivity contribution in [3.63, 3.8) is 0 Å². The third kappa shape index (κ3) is 2.81. The van der Waals surface area contributed by atoms with Gasteiger partial charge in [-0.05, 0) is 25.0 Å². The van der Waals surface area contributed by atoms with Gasteiger partial charge in [-0.1, -0.05) is 17.7 Å². The number of urea groups is 1. The lowest BCUT2D eigenvalue weighted by molar-refractivity contribution is -0.132. The Labute approximate surface area is 137 Å². The molecule has 3 rings (SSSR count). The molecule has 0 aliphatic carbocycles. The summed E-state index contributed by atoms with van der Waals surface area (Å²) in [5.74, 6) is -1.46. The molecule has 2 saturated heterocycles. The van der Waals surface area contributed by atoms with E-state index in [1.165, 1.54) is 18.2 Å². The Morgan fingerprint density at radius 1 is 1.26 bits per heavy atom. The van der Waals surface area contributed by atoms with Crippen molar-refractivity contribution in [3.05, 3.63) is 34.6 Å². The van der Waals surface area contributed by atoms with Crippen molar-refractivity contribution in [2.45, 2.75) is 24.9 Å². The van der Waals surface area contributed by atoms with Crippen LogP contribution in [0, 0.1) is 5.82 Å². The minimum absolute atomic E-state index is 0.0292. The zero-order valence-electron chi connectivity index (χ0n) is 12.0. The van der Waals surface area contributed by atoms with Crippen molar-refractivity contribution in [1.29, 1.82) is 0 Å². The highest BCUT2D eigenvalue weighted by atomic mass is 35.5. The SMILES string of the molecule is O=C1NC2(CCS(=O)(=O)CC2)C(=O)N1Cc1c(F)cccc1Cl. The van der Waals surface area contributed by atoms with Crippen molar-refractivity contribution in [1.82, 2.24) is 10.2 Å². The van der Waals surface area contributed by atoms with Gasteiger partial charge >= 0.3 is 6.03 Å². The van der Waals surface area contributed by atoms with Gasteiger partial charge in [0.2, 0.25) is 0 Å². The number of benzene rings is 1. The number of imide groups is 1. The molecule has 0 saturated carbocycles. The number of hydrogen-bond acceptors (Lipinski definition) is 4. The number of amides is 3. The first-order chi connectivity index (χ1) is 10.7. The zero-order chi connectivity index (χ0) is 16.8. The average molecular weight is 361 g/mol. The van der Waals surface area contributed by atoms with Crippen LogP contribution in [0.5, 0.6) is 0 Å². The third-order valence-corrected chi connectivity index (χ3v) is 6.31. The number of rotatable bonds is 2. The molecule has 6 nitrogen and oxygen atoms in total. The minimum atomic E-state index is -3.18. The normalized spacial score (nSPS) is 22.4. The molecule has 0 atom stereocenters. The molecule has 0 unspecified atom stereocenters. The van der Waals surface area contributed by atoms with Crippen LogP contribution in [-0.4, -0.2) is 42.3 Å². The number of carbonyl (C=O) groups is 2. The van der Waals surface area contributed by atoms with Crippen LogP contribution in [0.2, 0.25) is 5.02 Å². The first-order valence-corrected chi connectivity index (χ1v) is 9.21. The fourth-order valence-electron chi connectivity index (χ4n) is 2.89. The smallest absolute Gasteiger partial charge is 0.323 e. The maximum Gasteiger partial charge on any atom is 0.325 e. The van der Waals surface area contributed by atoms with E-state index < -0.39 is 33.1 Å². The van der Waals surface area contributed by atoms with Crippen LogP contribution in [0.25, 0.3) is 0 Å². The molecule has 0 bridgehead atoms. The maximum absolute atomic E-state index is 13.9. The molecule has 1 aromatic rings. The van der Waals surface area contributed by atoms with Gasteiger partial charge in [0.05, 0.1) is 18.1 Å². The molecule has 9 heteroatoms. The summed E-state index contributed by atoms with van der Waals surface area (Å²) in [7, 11) is -3.18. The number of halogens is 2. The van der Waals surface area contributed by atoms with Gasteiger partial charge in [-0.2, -0.15) is 0 Å². The standard InChI is InChI=1S/C14H14ClFN2O4S/c15-10-2-1-3-11(16)9(10)8-18-12(19)14(17-13(18)20)4-6-23(21,22)7-5-14/h1-3H,4-8H2,(H,17,20). The Balaban J connectivity index is 1.85. The molecule has 1 spiro atoms. The van der Waals surface area contributed by atoms with E-state index in [4.69, 9.17) is 11.6 Å². The average Bonchev–Trinajstić information content (AvgIpc) is 2.70. The fraction of sp³-hybridized carbons (Fsp3) is 0.429. The molecule has 2 heterocycles. The second kappa shape index (κ2) is 5.45. The van der Waals surface area contributed by atoms with E-state index in [1.807, 2.05) is 0 Å². The van der Waals surface area contributed by atoms with Crippen LogP contribution in [-0.2, 0) is 21.2 Å². The summed E-state index contributed by atoms with van der Waals surface area (Å²) < 4.78 is 36.9. The summed E-state index contributed by atoms with van der Waals surface area (Å²) in [5, 5.41) is 2.70. The van der Waals surface area contributed by atoms with E-state index >= 15 is 0 Å². The number of sulfone groups is 1. The second-order valence-electron chi connectivity index (χ2n) is 5.76. The Kier molecular flexibility index (Phi) is 3.84. The summed E-state index contributed by atoms with van der Waals surface area (Å²) in [4.78, 5) is 25.6. The van der Waals surface area contributed by atoms with Gasteiger partial charge in [0.25, 0.3) is 5.91 Å². The molecule has 1 N–H and O–H groups in total. The summed E-state index contributed by atoms with van der Waals surface area (Å²) in [6.07, 6.45) is 0.0584. The quantitative estimate of drug-likeness (QED) is 0.810. The van der Waals surface area contributed by atoms with Crippen LogP contribution in [0.4, 0.5) is 9.18 Å². The Bertz CT molecular complexity index is 762. The van der Waals surface area contributed by atoms with E-state index in [0.29, 0.717) is 0 Å². The van der Waals surface area contributed by atoms with Gasteiger partial charge in [-0.15, -0.1) is 0 Å². The Morgan fingerprint density at radius 3 is 2.52 bits per heavy atom. The molecule has 2 fully saturated rings. The maximum atomic E-state index is 13.9. The topological polar surface area (TPSA) is 83.5 Å². The van der Waals surface area contributed by atoms with Crippen LogP contribution < -0.4 is 5.32 Å². The predicted molar refractivity (Wildman–Crippen MR) is 81.1 cm³/mol. The van der Waals surface area contributed by atoms with Gasteiger partial charge in [0.15, 0.2) is 9.84 Å². The monoisotopic (exact) mass is 360 g/mol. The first-order valence-electron chi connectivity index (χ1n) is 7.02. The van der Waals surface area contributed by atoms with Crippen LogP contribution in [0.15, 0.2) is 18.2 Å². The molecular formula is C14H14ClFN2O4S. The first kappa shape index (κ1) is 16.2. The van der Waals surface area contributed by atoms with Gasteiger partial charge in [-0.25, -0.2) is 17.6 Å². The molecule has 124 valence electrons. The van der Waals surface area contributed by atoms with Gasteiger partial charge in [0, 0.05) is 10.6 Å². The molecule has 0 aromatic heterocycles. The minimum Gasteiger partial charge on any atom is -0.323 e. The van der Waals surface area contributed by atoms with Gasteiger partial charge in [-0.3, -0.25) is 9.69 Å². The van der Waals surface area contributed by atoms with Crippen LogP contribution in [0.1, 0.15) is 18.4 Å². The largest absolute Gasteiger partial charge is 0.325 e. The predicted octanol–water partition coefficient (Wildman–Crippen LogP) is 1.48. The van der Waals surface area contributed by atoms with Crippen LogP contribution >= 0.6 is 11.6 Å². The number of nitrogens with one attached hydrogen (secondary N) is 1. The Hall–Kier alpha value is -1.67. The van der Waals surface area contributed by atoms with E-state index in [9.17, 15) is 22.4 Å². The summed E-state index contributed by atoms with van der Waals surface area (Å²) in [6.45, 7) is -0.287. The third-order valence-electron chi connectivity index (χ3n) is 4.30. The van der Waals surface area contributed by atoms with E-state index in [2.05, 4.69) is 5.32 Å². The summed E-state index contributed by atoms with van der Waals surface area (Å²) in [5.41, 5.74) is -1.15. The lowest BCUT2D eigenvalue weighted by atomic mass is 9.92. The number of nitrogens with zero attached hydrogens (tertiary/aromatic N) is 1. The number of hydrogen-bond donors (Lipinski definition) is 1. The molecular weight excluding hydrogens is 347 g/mol. The van der Waals surface area contributed by atoms with E-state index in [-0.39, 0.29) is 41.5 Å². The van der Waals surface area contributed by atoms with Crippen molar-refractivity contribution in [3.8, 4) is 0 Å². The molecule has 2 aliphatic rings. The zero-order valence-corrected chi connectivity index (χ0v) is 13.6. The van der Waals surface area contributed by atoms with Gasteiger partial charge < -0.3 is 5.32 Å². The van der Waals surface area contributed by atoms with E-state index in [0.717, 1.165) is 4.90 Å². The van der Waals surface area contributed by atoms with Gasteiger partial charge in [0.1, 0.15) is 11.4 Å². The molecule has 0 radical (unpaired) electrons.